The van der Waals surface area contributed by atoms with E-state index < -0.39 is 16.0 Å². The summed E-state index contributed by atoms with van der Waals surface area (Å²) in [5.41, 5.74) is 0. The van der Waals surface area contributed by atoms with Gasteiger partial charge >= 0.3 is 0 Å². The second-order valence-corrected chi connectivity index (χ2v) is 3.20. The summed E-state index contributed by atoms with van der Waals surface area (Å²) in [6.45, 7) is 0. The highest BCUT2D eigenvalue weighted by molar-refractivity contribution is 7.95. The number of hydrogen-bond acceptors (Lipinski definition) is 4. The summed E-state index contributed by atoms with van der Waals surface area (Å²) in [5.74, 6) is -0.422. The van der Waals surface area contributed by atoms with Crippen molar-refractivity contribution in [3.63, 3.8) is 0 Å². The fourth-order valence-electron chi connectivity index (χ4n) is 0.115. The molecule has 50 valence electrons. The maximum atomic E-state index is 10.0. The zero-order chi connectivity index (χ0) is 6.62. The molecule has 0 aromatic rings. The normalized spacial score (nSPS) is 11.8. The van der Waals surface area contributed by atoms with Crippen molar-refractivity contribution >= 4 is 22.1 Å². The lowest BCUT2D eigenvalue weighted by Gasteiger charge is -1.93. The van der Waals surface area contributed by atoms with Crippen molar-refractivity contribution in [3.05, 3.63) is 0 Å². The predicted octanol–water partition coefficient (Wildman–Crippen LogP) is -0.473. The predicted molar refractivity (Wildman–Crippen MR) is 32.6 cm³/mol. The third-order valence-electron chi connectivity index (χ3n) is 0.330. The van der Waals surface area contributed by atoms with Crippen LogP contribution in [0, 0.1) is 0 Å². The van der Waals surface area contributed by atoms with E-state index in [1.807, 2.05) is 0 Å². The number of nitrogens with two attached hydrogens (primary N) is 1. The summed E-state index contributed by atoms with van der Waals surface area (Å²) in [6.07, 6.45) is 1.62. The van der Waals surface area contributed by atoms with Gasteiger partial charge in [0.05, 0.1) is 0 Å². The summed E-state index contributed by atoms with van der Waals surface area (Å²) >= 11 is 0.969. The van der Waals surface area contributed by atoms with Crippen LogP contribution in [0.1, 0.15) is 0 Å². The highest BCUT2D eigenvalue weighted by Crippen LogP contribution is 1.94. The van der Waals surface area contributed by atoms with Crippen LogP contribution in [0.15, 0.2) is 0 Å². The van der Waals surface area contributed by atoms with Gasteiger partial charge in [-0.25, -0.2) is 13.6 Å². The first-order valence-electron chi connectivity index (χ1n) is 1.72. The Labute approximate surface area is 52.7 Å². The van der Waals surface area contributed by atoms with Crippen LogP contribution in [-0.4, -0.2) is 20.6 Å². The van der Waals surface area contributed by atoms with E-state index in [2.05, 4.69) is 9.32 Å². The Kier molecular flexibility index (Phi) is 3.38. The first kappa shape index (κ1) is 8.22. The van der Waals surface area contributed by atoms with Gasteiger partial charge in [0.1, 0.15) is 0 Å². The molecule has 0 aromatic heterocycles. The van der Waals surface area contributed by atoms with Crippen LogP contribution in [0.2, 0.25) is 0 Å². The summed E-state index contributed by atoms with van der Waals surface area (Å²) < 4.78 is 24.5. The van der Waals surface area contributed by atoms with Gasteiger partial charge in [-0.2, -0.15) is 0 Å². The molecular weight excluding hydrogens is 150 g/mol. The van der Waals surface area contributed by atoms with Crippen molar-refractivity contribution in [2.24, 2.45) is 5.14 Å². The Balaban J connectivity index is 3.42. The van der Waals surface area contributed by atoms with E-state index in [0.717, 1.165) is 12.0 Å². The molecule has 0 fully saturated rings. The molecule has 0 bridgehead atoms. The first-order valence-corrected chi connectivity index (χ1v) is 4.59. The molecule has 0 atom stereocenters. The van der Waals surface area contributed by atoms with E-state index in [1.165, 1.54) is 0 Å². The maximum Gasteiger partial charge on any atom is 0.234 e. The van der Waals surface area contributed by atoms with Gasteiger partial charge in [0, 0.05) is 6.26 Å². The Hall–Kier alpha value is 0.220. The molecule has 0 radical (unpaired) electrons. The van der Waals surface area contributed by atoms with E-state index in [9.17, 15) is 8.42 Å². The molecule has 0 amide bonds. The maximum absolute atomic E-state index is 10.0. The second kappa shape index (κ2) is 3.29. The van der Waals surface area contributed by atoms with Crippen molar-refractivity contribution in [3.8, 4) is 0 Å². The SMILES string of the molecule is CSOCS(N)(=O)=O. The Morgan fingerprint density at radius 3 is 2.38 bits per heavy atom. The lowest BCUT2D eigenvalue weighted by atomic mass is 11.7. The molecule has 2 N–H and O–H groups in total. The number of hydrogen-bond donors (Lipinski definition) is 1. The number of primary sulfonamides is 1. The molecule has 0 aliphatic rings. The lowest BCUT2D eigenvalue weighted by molar-refractivity contribution is 0.441. The fourth-order valence-corrected chi connectivity index (χ4v) is 1.04. The van der Waals surface area contributed by atoms with Gasteiger partial charge in [-0.15, -0.1) is 0 Å². The fraction of sp³-hybridized carbons (Fsp3) is 1.00. The minimum atomic E-state index is -3.43. The van der Waals surface area contributed by atoms with Gasteiger partial charge < -0.3 is 0 Å². The summed E-state index contributed by atoms with van der Waals surface area (Å²) in [5, 5.41) is 4.56. The minimum Gasteiger partial charge on any atom is -0.298 e. The van der Waals surface area contributed by atoms with E-state index >= 15 is 0 Å². The molecule has 0 saturated heterocycles. The number of sulfonamides is 1. The lowest BCUT2D eigenvalue weighted by Crippen LogP contribution is -2.16. The van der Waals surface area contributed by atoms with Gasteiger partial charge in [0.2, 0.25) is 10.0 Å². The van der Waals surface area contributed by atoms with Gasteiger partial charge in [0.25, 0.3) is 0 Å². The van der Waals surface area contributed by atoms with Crippen molar-refractivity contribution in [1.29, 1.82) is 0 Å². The quantitative estimate of drug-likeness (QED) is 0.562. The monoisotopic (exact) mass is 157 g/mol. The first-order chi connectivity index (χ1) is 3.56. The standard InChI is InChI=1S/C2H7NO3S2/c1-7-6-2-8(3,4)5/h2H2,1H3,(H2,3,4,5). The Morgan fingerprint density at radius 1 is 1.75 bits per heavy atom. The average molecular weight is 157 g/mol. The summed E-state index contributed by atoms with van der Waals surface area (Å²) in [6, 6.07) is 0. The van der Waals surface area contributed by atoms with Crippen LogP contribution in [0.5, 0.6) is 0 Å². The van der Waals surface area contributed by atoms with E-state index in [1.54, 1.807) is 6.26 Å². The molecule has 0 aliphatic carbocycles. The van der Waals surface area contributed by atoms with Gasteiger partial charge in [-0.3, -0.25) is 4.18 Å². The smallest absolute Gasteiger partial charge is 0.234 e. The molecular formula is C2H7NO3S2. The Morgan fingerprint density at radius 2 is 2.25 bits per heavy atom. The van der Waals surface area contributed by atoms with Crippen LogP contribution in [0.4, 0.5) is 0 Å². The zero-order valence-corrected chi connectivity index (χ0v) is 5.96. The van der Waals surface area contributed by atoms with Crippen molar-refractivity contribution < 1.29 is 12.6 Å². The van der Waals surface area contributed by atoms with Crippen LogP contribution in [0.25, 0.3) is 0 Å². The summed E-state index contributed by atoms with van der Waals surface area (Å²) in [4.78, 5) is 0. The van der Waals surface area contributed by atoms with Crippen molar-refractivity contribution in [2.45, 2.75) is 0 Å². The summed E-state index contributed by atoms with van der Waals surface area (Å²) in [7, 11) is -3.43. The third kappa shape index (κ3) is 6.22. The molecule has 0 heterocycles. The largest absolute Gasteiger partial charge is 0.298 e. The van der Waals surface area contributed by atoms with Crippen LogP contribution < -0.4 is 5.14 Å². The minimum absolute atomic E-state index is 0.422. The van der Waals surface area contributed by atoms with Crippen LogP contribution in [0.3, 0.4) is 0 Å². The molecule has 0 aromatic carbocycles. The van der Waals surface area contributed by atoms with Gasteiger partial charge in [-0.1, -0.05) is 0 Å². The third-order valence-corrected chi connectivity index (χ3v) is 1.28. The highest BCUT2D eigenvalue weighted by Gasteiger charge is 1.99. The topological polar surface area (TPSA) is 69.4 Å². The molecule has 0 spiro atoms. The van der Waals surface area contributed by atoms with Crippen molar-refractivity contribution in [2.75, 3.05) is 12.2 Å². The van der Waals surface area contributed by atoms with Crippen LogP contribution in [-0.2, 0) is 14.2 Å². The van der Waals surface area contributed by atoms with Gasteiger partial charge in [0.15, 0.2) is 5.94 Å². The van der Waals surface area contributed by atoms with E-state index in [0.29, 0.717) is 0 Å². The molecule has 0 unspecified atom stereocenters. The molecule has 0 rings (SSSR count). The van der Waals surface area contributed by atoms with Gasteiger partial charge in [-0.05, 0) is 12.0 Å². The molecule has 8 heavy (non-hydrogen) atoms. The van der Waals surface area contributed by atoms with E-state index in [-0.39, 0.29) is 0 Å². The van der Waals surface area contributed by atoms with Crippen molar-refractivity contribution in [1.82, 2.24) is 0 Å². The average Bonchev–Trinajstić information content (AvgIpc) is 1.59. The second-order valence-electron chi connectivity index (χ2n) is 1.07. The number of rotatable bonds is 3. The zero-order valence-electron chi connectivity index (χ0n) is 4.33. The molecule has 0 aliphatic heterocycles. The van der Waals surface area contributed by atoms with Crippen LogP contribution >= 0.6 is 12.0 Å². The molecule has 4 nitrogen and oxygen atoms in total. The molecule has 0 saturated carbocycles. The Bertz CT molecular complexity index is 139. The highest BCUT2D eigenvalue weighted by atomic mass is 32.2. The van der Waals surface area contributed by atoms with E-state index in [4.69, 9.17) is 0 Å². The molecule has 6 heteroatoms.